The first kappa shape index (κ1) is 18.1. The molecule has 2 aromatic carbocycles. The summed E-state index contributed by atoms with van der Waals surface area (Å²) in [4.78, 5) is 12.1. The number of nitrogens with one attached hydrogen (secondary N) is 2. The summed E-state index contributed by atoms with van der Waals surface area (Å²) < 4.78 is 10.6. The normalized spacial score (nSPS) is 11.1. The lowest BCUT2D eigenvalue weighted by Gasteiger charge is -2.18. The largest absolute Gasteiger partial charge is 0.497 e. The van der Waals surface area contributed by atoms with E-state index in [1.807, 2.05) is 19.1 Å². The summed E-state index contributed by atoms with van der Waals surface area (Å²) in [5.41, 5.74) is 2.25. The standard InChI is InChI=1S/C19H21N3O3/c1-13(17-10-16(24-2)7-8-18(17)25-3)22-19(23)21-12-15-6-4-5-14(9-15)11-20/h4-10,13H,12H2,1-3H3,(H2,21,22,23). The molecular formula is C19H21N3O3. The van der Waals surface area contributed by atoms with Gasteiger partial charge in [0.1, 0.15) is 11.5 Å². The molecule has 0 saturated carbocycles. The maximum absolute atomic E-state index is 12.1. The van der Waals surface area contributed by atoms with Crippen LogP contribution in [0.3, 0.4) is 0 Å². The summed E-state index contributed by atoms with van der Waals surface area (Å²) >= 11 is 0. The van der Waals surface area contributed by atoms with Gasteiger partial charge in [-0.2, -0.15) is 5.26 Å². The molecule has 0 aliphatic heterocycles. The van der Waals surface area contributed by atoms with Crippen LogP contribution < -0.4 is 20.1 Å². The lowest BCUT2D eigenvalue weighted by atomic mass is 10.1. The third-order valence-corrected chi connectivity index (χ3v) is 3.76. The third-order valence-electron chi connectivity index (χ3n) is 3.76. The Balaban J connectivity index is 1.99. The predicted octanol–water partition coefficient (Wildman–Crippen LogP) is 3.14. The highest BCUT2D eigenvalue weighted by Gasteiger charge is 2.15. The van der Waals surface area contributed by atoms with Crippen molar-refractivity contribution in [2.45, 2.75) is 19.5 Å². The molecule has 0 aliphatic carbocycles. The number of hydrogen-bond acceptors (Lipinski definition) is 4. The zero-order chi connectivity index (χ0) is 18.2. The predicted molar refractivity (Wildman–Crippen MR) is 94.5 cm³/mol. The maximum Gasteiger partial charge on any atom is 0.315 e. The average Bonchev–Trinajstić information content (AvgIpc) is 2.65. The third kappa shape index (κ3) is 4.88. The molecular weight excluding hydrogens is 318 g/mol. The van der Waals surface area contributed by atoms with Crippen molar-refractivity contribution in [3.05, 3.63) is 59.2 Å². The molecule has 0 saturated heterocycles. The lowest BCUT2D eigenvalue weighted by Crippen LogP contribution is -2.36. The molecule has 6 heteroatoms. The Labute approximate surface area is 147 Å². The minimum absolute atomic E-state index is 0.268. The molecule has 6 nitrogen and oxygen atoms in total. The van der Waals surface area contributed by atoms with Crippen LogP contribution in [-0.4, -0.2) is 20.3 Å². The fraction of sp³-hybridized carbons (Fsp3) is 0.263. The molecule has 0 aromatic heterocycles. The number of methoxy groups -OCH3 is 2. The SMILES string of the molecule is COc1ccc(OC)c(C(C)NC(=O)NCc2cccc(C#N)c2)c1. The highest BCUT2D eigenvalue weighted by Crippen LogP contribution is 2.29. The number of benzene rings is 2. The molecule has 25 heavy (non-hydrogen) atoms. The van der Waals surface area contributed by atoms with Crippen molar-refractivity contribution in [1.29, 1.82) is 5.26 Å². The van der Waals surface area contributed by atoms with E-state index in [0.717, 1.165) is 11.1 Å². The van der Waals surface area contributed by atoms with Gasteiger partial charge in [-0.25, -0.2) is 4.79 Å². The number of rotatable bonds is 6. The minimum Gasteiger partial charge on any atom is -0.497 e. The lowest BCUT2D eigenvalue weighted by molar-refractivity contribution is 0.237. The van der Waals surface area contributed by atoms with Crippen LogP contribution in [0.4, 0.5) is 4.79 Å². The number of amides is 2. The zero-order valence-corrected chi connectivity index (χ0v) is 14.5. The van der Waals surface area contributed by atoms with Crippen LogP contribution in [0.5, 0.6) is 11.5 Å². The van der Waals surface area contributed by atoms with Crippen LogP contribution in [-0.2, 0) is 6.54 Å². The molecule has 2 rings (SSSR count). The molecule has 0 aliphatic rings. The number of hydrogen-bond donors (Lipinski definition) is 2. The Hall–Kier alpha value is -3.20. The first-order valence-corrected chi connectivity index (χ1v) is 7.82. The van der Waals surface area contributed by atoms with Gasteiger partial charge in [0.25, 0.3) is 0 Å². The van der Waals surface area contributed by atoms with Gasteiger partial charge >= 0.3 is 6.03 Å². The van der Waals surface area contributed by atoms with Gasteiger partial charge in [0.05, 0.1) is 31.9 Å². The Morgan fingerprint density at radius 3 is 2.68 bits per heavy atom. The van der Waals surface area contributed by atoms with E-state index in [1.165, 1.54) is 0 Å². The number of urea groups is 1. The summed E-state index contributed by atoms with van der Waals surface area (Å²) in [6.45, 7) is 2.20. The summed E-state index contributed by atoms with van der Waals surface area (Å²) in [6, 6.07) is 14.1. The van der Waals surface area contributed by atoms with Gasteiger partial charge in [0, 0.05) is 12.1 Å². The first-order valence-electron chi connectivity index (χ1n) is 7.82. The molecule has 0 heterocycles. The Kier molecular flexibility index (Phi) is 6.24. The van der Waals surface area contributed by atoms with Gasteiger partial charge in [0.15, 0.2) is 0 Å². The monoisotopic (exact) mass is 339 g/mol. The summed E-state index contributed by atoms with van der Waals surface area (Å²) in [5.74, 6) is 1.37. The van der Waals surface area contributed by atoms with Crippen molar-refractivity contribution >= 4 is 6.03 Å². The molecule has 1 atom stereocenters. The Bertz CT molecular complexity index is 784. The van der Waals surface area contributed by atoms with Crippen LogP contribution in [0, 0.1) is 11.3 Å². The quantitative estimate of drug-likeness (QED) is 0.847. The second-order valence-corrected chi connectivity index (χ2v) is 5.47. The van der Waals surface area contributed by atoms with Gasteiger partial charge in [0.2, 0.25) is 0 Å². The Morgan fingerprint density at radius 2 is 2.00 bits per heavy atom. The maximum atomic E-state index is 12.1. The number of carbonyl (C=O) groups is 1. The van der Waals surface area contributed by atoms with E-state index in [2.05, 4.69) is 16.7 Å². The molecule has 2 aromatic rings. The van der Waals surface area contributed by atoms with Crippen molar-refractivity contribution in [1.82, 2.24) is 10.6 Å². The van der Waals surface area contributed by atoms with E-state index in [-0.39, 0.29) is 12.1 Å². The van der Waals surface area contributed by atoms with Crippen molar-refractivity contribution in [3.8, 4) is 17.6 Å². The molecule has 0 radical (unpaired) electrons. The highest BCUT2D eigenvalue weighted by molar-refractivity contribution is 5.74. The van der Waals surface area contributed by atoms with E-state index < -0.39 is 0 Å². The van der Waals surface area contributed by atoms with E-state index in [1.54, 1.807) is 44.6 Å². The Morgan fingerprint density at radius 1 is 1.20 bits per heavy atom. The van der Waals surface area contributed by atoms with Crippen LogP contribution >= 0.6 is 0 Å². The van der Waals surface area contributed by atoms with E-state index in [9.17, 15) is 4.79 Å². The molecule has 0 bridgehead atoms. The van der Waals surface area contributed by atoms with Crippen molar-refractivity contribution in [2.24, 2.45) is 0 Å². The van der Waals surface area contributed by atoms with Gasteiger partial charge in [-0.05, 0) is 42.8 Å². The fourth-order valence-corrected chi connectivity index (χ4v) is 2.44. The summed E-state index contributed by atoms with van der Waals surface area (Å²) in [7, 11) is 3.17. The minimum atomic E-state index is -0.306. The van der Waals surface area contributed by atoms with Crippen LogP contribution in [0.1, 0.15) is 29.7 Å². The van der Waals surface area contributed by atoms with E-state index in [4.69, 9.17) is 14.7 Å². The first-order chi connectivity index (χ1) is 12.1. The summed E-state index contributed by atoms with van der Waals surface area (Å²) in [5, 5.41) is 14.6. The van der Waals surface area contributed by atoms with Crippen molar-refractivity contribution in [3.63, 3.8) is 0 Å². The van der Waals surface area contributed by atoms with Gasteiger partial charge in [-0.1, -0.05) is 12.1 Å². The molecule has 130 valence electrons. The van der Waals surface area contributed by atoms with Gasteiger partial charge < -0.3 is 20.1 Å². The molecule has 0 spiro atoms. The molecule has 2 N–H and O–H groups in total. The van der Waals surface area contributed by atoms with Crippen LogP contribution in [0.25, 0.3) is 0 Å². The number of ether oxygens (including phenoxy) is 2. The fourth-order valence-electron chi connectivity index (χ4n) is 2.44. The number of nitriles is 1. The second-order valence-electron chi connectivity index (χ2n) is 5.47. The van der Waals surface area contributed by atoms with Crippen LogP contribution in [0.15, 0.2) is 42.5 Å². The number of carbonyl (C=O) groups excluding carboxylic acids is 1. The topological polar surface area (TPSA) is 83.4 Å². The molecule has 0 fully saturated rings. The average molecular weight is 339 g/mol. The molecule has 1 unspecified atom stereocenters. The van der Waals surface area contributed by atoms with Gasteiger partial charge in [-0.3, -0.25) is 0 Å². The van der Waals surface area contributed by atoms with E-state index >= 15 is 0 Å². The number of nitrogens with zero attached hydrogens (tertiary/aromatic N) is 1. The van der Waals surface area contributed by atoms with E-state index in [0.29, 0.717) is 23.6 Å². The molecule has 2 amide bonds. The smallest absolute Gasteiger partial charge is 0.315 e. The van der Waals surface area contributed by atoms with Crippen molar-refractivity contribution < 1.29 is 14.3 Å². The highest BCUT2D eigenvalue weighted by atomic mass is 16.5. The van der Waals surface area contributed by atoms with Crippen molar-refractivity contribution in [2.75, 3.05) is 14.2 Å². The summed E-state index contributed by atoms with van der Waals surface area (Å²) in [6.07, 6.45) is 0. The zero-order valence-electron chi connectivity index (χ0n) is 14.5. The van der Waals surface area contributed by atoms with Crippen LogP contribution in [0.2, 0.25) is 0 Å². The van der Waals surface area contributed by atoms with Gasteiger partial charge in [-0.15, -0.1) is 0 Å². The second kappa shape index (κ2) is 8.60.